The Hall–Kier alpha value is -1.70. The summed E-state index contributed by atoms with van der Waals surface area (Å²) < 4.78 is 56.6. The molecule has 1 saturated heterocycles. The fraction of sp³-hybridized carbons (Fsp3) is 0.455. The summed E-state index contributed by atoms with van der Waals surface area (Å²) in [6.07, 6.45) is 0.880. The molecule has 1 aromatic carbocycles. The molecule has 3 heterocycles. The van der Waals surface area contributed by atoms with Crippen molar-refractivity contribution in [2.45, 2.75) is 36.9 Å². The molecule has 0 radical (unpaired) electrons. The topological polar surface area (TPSA) is 73.8 Å². The van der Waals surface area contributed by atoms with Crippen LogP contribution in [0.1, 0.15) is 26.7 Å². The van der Waals surface area contributed by atoms with Crippen LogP contribution in [0.15, 0.2) is 28.5 Å². The van der Waals surface area contributed by atoms with Gasteiger partial charge in [-0.2, -0.15) is 4.31 Å². The fourth-order valence-corrected chi connectivity index (χ4v) is 8.45. The van der Waals surface area contributed by atoms with E-state index in [9.17, 15) is 22.0 Å². The molecule has 4 rings (SSSR count). The van der Waals surface area contributed by atoms with Gasteiger partial charge in [-0.15, -0.1) is 11.3 Å². The summed E-state index contributed by atoms with van der Waals surface area (Å²) in [5, 5.41) is 0.213. The third kappa shape index (κ3) is 5.37. The minimum atomic E-state index is -3.92. The second kappa shape index (κ2) is 10.7. The molecular formula is C22H25ClF2N4O3S3. The van der Waals surface area contributed by atoms with Crippen molar-refractivity contribution in [1.29, 1.82) is 0 Å². The van der Waals surface area contributed by atoms with Crippen LogP contribution < -0.4 is 4.90 Å². The lowest BCUT2D eigenvalue weighted by Gasteiger charge is -2.29. The second-order valence-electron chi connectivity index (χ2n) is 8.08. The highest BCUT2D eigenvalue weighted by Gasteiger charge is 2.42. The van der Waals surface area contributed by atoms with Gasteiger partial charge in [0.1, 0.15) is 21.6 Å². The van der Waals surface area contributed by atoms with Crippen LogP contribution in [-0.2, 0) is 14.8 Å². The lowest BCUT2D eigenvalue weighted by molar-refractivity contribution is -0.121. The third-order valence-corrected chi connectivity index (χ3v) is 10.7. The van der Waals surface area contributed by atoms with Gasteiger partial charge in [0.25, 0.3) is 10.0 Å². The van der Waals surface area contributed by atoms with E-state index in [0.29, 0.717) is 23.7 Å². The van der Waals surface area contributed by atoms with Crippen molar-refractivity contribution in [3.63, 3.8) is 0 Å². The molecule has 1 fully saturated rings. The Morgan fingerprint density at radius 3 is 2.60 bits per heavy atom. The van der Waals surface area contributed by atoms with Gasteiger partial charge in [-0.3, -0.25) is 9.69 Å². The number of fused-ring (bicyclic) bond motifs is 1. The van der Waals surface area contributed by atoms with Crippen molar-refractivity contribution in [1.82, 2.24) is 14.2 Å². The number of anilines is 1. The van der Waals surface area contributed by atoms with Gasteiger partial charge in [-0.05, 0) is 44.1 Å². The highest BCUT2D eigenvalue weighted by Crippen LogP contribution is 2.35. The molecule has 35 heavy (non-hydrogen) atoms. The van der Waals surface area contributed by atoms with Gasteiger partial charge >= 0.3 is 0 Å². The summed E-state index contributed by atoms with van der Waals surface area (Å²) in [6.45, 7) is 6.50. The molecule has 0 spiro atoms. The number of rotatable bonds is 9. The number of likely N-dealkylation sites (N-methyl/N-ethyl adjacent to an activating group) is 1. The summed E-state index contributed by atoms with van der Waals surface area (Å²) >= 11 is 7.91. The Kier molecular flexibility index (Phi) is 8.08. The third-order valence-electron chi connectivity index (χ3n) is 6.03. The molecule has 1 aliphatic rings. The first kappa shape index (κ1) is 26.4. The van der Waals surface area contributed by atoms with Gasteiger partial charge in [0.15, 0.2) is 10.9 Å². The predicted molar refractivity (Wildman–Crippen MR) is 136 cm³/mol. The summed E-state index contributed by atoms with van der Waals surface area (Å²) in [6, 6.07) is 3.96. The Labute approximate surface area is 216 Å². The molecule has 0 N–H and O–H groups in total. The molecule has 7 nitrogen and oxygen atoms in total. The van der Waals surface area contributed by atoms with Gasteiger partial charge in [-0.25, -0.2) is 22.2 Å². The van der Waals surface area contributed by atoms with E-state index in [1.54, 1.807) is 0 Å². The molecule has 190 valence electrons. The van der Waals surface area contributed by atoms with E-state index >= 15 is 0 Å². The Morgan fingerprint density at radius 1 is 1.20 bits per heavy atom. The lowest BCUT2D eigenvalue weighted by Crippen LogP contribution is -2.49. The van der Waals surface area contributed by atoms with E-state index in [2.05, 4.69) is 9.88 Å². The van der Waals surface area contributed by atoms with Crippen molar-refractivity contribution in [2.24, 2.45) is 0 Å². The molecule has 1 unspecified atom stereocenters. The van der Waals surface area contributed by atoms with Crippen LogP contribution in [0, 0.1) is 11.6 Å². The number of nitrogens with zero attached hydrogens (tertiary/aromatic N) is 4. The van der Waals surface area contributed by atoms with Crippen LogP contribution in [0.2, 0.25) is 4.34 Å². The van der Waals surface area contributed by atoms with Gasteiger partial charge in [0.05, 0.1) is 9.04 Å². The number of sulfonamides is 1. The summed E-state index contributed by atoms with van der Waals surface area (Å²) in [7, 11) is -3.92. The maximum absolute atomic E-state index is 14.4. The predicted octanol–water partition coefficient (Wildman–Crippen LogP) is 4.82. The summed E-state index contributed by atoms with van der Waals surface area (Å²) in [4.78, 5) is 21.7. The molecule has 2 aromatic heterocycles. The fourth-order valence-electron chi connectivity index (χ4n) is 4.15. The van der Waals surface area contributed by atoms with Gasteiger partial charge in [0, 0.05) is 25.7 Å². The smallest absolute Gasteiger partial charge is 0.253 e. The van der Waals surface area contributed by atoms with E-state index in [4.69, 9.17) is 11.6 Å². The Bertz CT molecular complexity index is 1330. The maximum atomic E-state index is 14.4. The lowest BCUT2D eigenvalue weighted by atomic mass is 10.2. The van der Waals surface area contributed by atoms with Crippen LogP contribution in [0.4, 0.5) is 13.9 Å². The van der Waals surface area contributed by atoms with E-state index in [1.807, 2.05) is 13.8 Å². The molecule has 1 atom stereocenters. The average Bonchev–Trinajstić information content (AvgIpc) is 3.56. The first-order valence-electron chi connectivity index (χ1n) is 11.2. The molecule has 0 aliphatic carbocycles. The van der Waals surface area contributed by atoms with Crippen molar-refractivity contribution in [3.8, 4) is 0 Å². The van der Waals surface area contributed by atoms with E-state index < -0.39 is 33.6 Å². The van der Waals surface area contributed by atoms with Crippen LogP contribution in [0.5, 0.6) is 0 Å². The van der Waals surface area contributed by atoms with E-state index in [0.717, 1.165) is 41.8 Å². The molecular weight excluding hydrogens is 538 g/mol. The number of aromatic nitrogens is 1. The van der Waals surface area contributed by atoms with E-state index in [-0.39, 0.29) is 32.6 Å². The zero-order valence-electron chi connectivity index (χ0n) is 19.2. The SMILES string of the molecule is CCN(CC)CCN(C(=O)C1CCCN1S(=O)(=O)c1ccc(Cl)s1)c1nc2c(F)cc(F)cc2s1. The van der Waals surface area contributed by atoms with Crippen molar-refractivity contribution >= 4 is 65.6 Å². The molecule has 13 heteroatoms. The monoisotopic (exact) mass is 562 g/mol. The number of thiazole rings is 1. The number of carbonyl (C=O) groups is 1. The largest absolute Gasteiger partial charge is 0.302 e. The molecule has 0 saturated carbocycles. The van der Waals surface area contributed by atoms with E-state index in [1.165, 1.54) is 27.4 Å². The second-order valence-corrected chi connectivity index (χ2v) is 12.9. The number of carbonyl (C=O) groups excluding carboxylic acids is 1. The number of thiophene rings is 1. The van der Waals surface area contributed by atoms with Crippen LogP contribution >= 0.6 is 34.3 Å². The quantitative estimate of drug-likeness (QED) is 0.374. The molecule has 0 bridgehead atoms. The minimum absolute atomic E-state index is 0.0174. The standard InChI is InChI=1S/C22H25ClF2N4O3S3/c1-3-27(4-2)10-11-28(22-26-20-15(25)12-14(24)13-17(20)33-22)21(30)16-6-5-9-29(16)35(31,32)19-8-7-18(23)34-19/h7-8,12-13,16H,3-6,9-11H2,1-2H3. The normalized spacial score (nSPS) is 17.0. The maximum Gasteiger partial charge on any atom is 0.253 e. The van der Waals surface area contributed by atoms with Crippen LogP contribution in [-0.4, -0.2) is 67.3 Å². The number of hydrogen-bond acceptors (Lipinski definition) is 7. The number of halogens is 3. The highest BCUT2D eigenvalue weighted by atomic mass is 35.5. The zero-order valence-corrected chi connectivity index (χ0v) is 22.4. The van der Waals surface area contributed by atoms with Crippen LogP contribution in [0.3, 0.4) is 0 Å². The molecule has 3 aromatic rings. The van der Waals surface area contributed by atoms with Crippen molar-refractivity contribution in [2.75, 3.05) is 37.6 Å². The van der Waals surface area contributed by atoms with Crippen LogP contribution in [0.25, 0.3) is 10.2 Å². The highest BCUT2D eigenvalue weighted by molar-refractivity contribution is 7.91. The van der Waals surface area contributed by atoms with Gasteiger partial charge in [-0.1, -0.05) is 36.8 Å². The number of amides is 1. The molecule has 1 amide bonds. The van der Waals surface area contributed by atoms with Crippen molar-refractivity contribution < 1.29 is 22.0 Å². The number of hydrogen-bond donors (Lipinski definition) is 0. The summed E-state index contributed by atoms with van der Waals surface area (Å²) in [5.41, 5.74) is -0.0174. The Balaban J connectivity index is 1.70. The van der Waals surface area contributed by atoms with Crippen molar-refractivity contribution in [3.05, 3.63) is 40.2 Å². The number of benzene rings is 1. The zero-order chi connectivity index (χ0) is 25.3. The summed E-state index contributed by atoms with van der Waals surface area (Å²) in [5.74, 6) is -1.96. The molecule has 1 aliphatic heterocycles. The Morgan fingerprint density at radius 2 is 1.94 bits per heavy atom. The first-order chi connectivity index (χ1) is 16.6. The van der Waals surface area contributed by atoms with Gasteiger partial charge in [0.2, 0.25) is 5.91 Å². The van der Waals surface area contributed by atoms with Gasteiger partial charge < -0.3 is 4.90 Å². The minimum Gasteiger partial charge on any atom is -0.302 e. The first-order valence-corrected chi connectivity index (χ1v) is 14.7. The average molecular weight is 563 g/mol.